The number of hydrogen-bond acceptors (Lipinski definition) is 3. The first-order valence-electron chi connectivity index (χ1n) is 3.69. The Morgan fingerprint density at radius 3 is 2.64 bits per heavy atom. The fourth-order valence-electron chi connectivity index (χ4n) is 1.17. The SMILES string of the molecule is NCN1NC1c1ccccc1. The Bertz CT molecular complexity index is 234. The zero-order valence-corrected chi connectivity index (χ0v) is 6.20. The normalized spacial score (nSPS) is 28.5. The summed E-state index contributed by atoms with van der Waals surface area (Å²) in [5.41, 5.74) is 9.84. The molecule has 0 amide bonds. The number of nitrogens with one attached hydrogen (secondary N) is 1. The van der Waals surface area contributed by atoms with Gasteiger partial charge in [0.2, 0.25) is 0 Å². The lowest BCUT2D eigenvalue weighted by molar-refractivity contribution is 0.500. The van der Waals surface area contributed by atoms with Crippen molar-refractivity contribution >= 4 is 0 Å². The molecule has 58 valence electrons. The highest BCUT2D eigenvalue weighted by atomic mass is 15.8. The van der Waals surface area contributed by atoms with E-state index in [-0.39, 0.29) is 0 Å². The van der Waals surface area contributed by atoms with E-state index in [4.69, 9.17) is 5.73 Å². The van der Waals surface area contributed by atoms with Crippen LogP contribution in [-0.2, 0) is 0 Å². The van der Waals surface area contributed by atoms with Gasteiger partial charge in [-0.25, -0.2) is 10.4 Å². The van der Waals surface area contributed by atoms with E-state index in [0.29, 0.717) is 12.8 Å². The molecule has 2 atom stereocenters. The molecule has 1 aliphatic heterocycles. The number of rotatable bonds is 2. The van der Waals surface area contributed by atoms with E-state index in [2.05, 4.69) is 17.6 Å². The van der Waals surface area contributed by atoms with E-state index in [1.54, 1.807) is 0 Å². The number of hydrogen-bond donors (Lipinski definition) is 2. The second-order valence-corrected chi connectivity index (χ2v) is 2.59. The molecule has 1 aromatic rings. The molecule has 0 aromatic heterocycles. The van der Waals surface area contributed by atoms with Crippen LogP contribution in [0.2, 0.25) is 0 Å². The van der Waals surface area contributed by atoms with Gasteiger partial charge in [-0.2, -0.15) is 0 Å². The van der Waals surface area contributed by atoms with Crippen LogP contribution in [0.25, 0.3) is 0 Å². The maximum atomic E-state index is 5.42. The van der Waals surface area contributed by atoms with Gasteiger partial charge in [-0.1, -0.05) is 30.3 Å². The van der Waals surface area contributed by atoms with Gasteiger partial charge in [0.15, 0.2) is 0 Å². The van der Waals surface area contributed by atoms with Gasteiger partial charge in [0.1, 0.15) is 6.17 Å². The fraction of sp³-hybridized carbons (Fsp3) is 0.250. The first-order chi connectivity index (χ1) is 5.42. The van der Waals surface area contributed by atoms with Crippen molar-refractivity contribution in [2.24, 2.45) is 5.73 Å². The summed E-state index contributed by atoms with van der Waals surface area (Å²) in [6.07, 6.45) is 0.348. The summed E-state index contributed by atoms with van der Waals surface area (Å²) in [5.74, 6) is 0. The van der Waals surface area contributed by atoms with Gasteiger partial charge in [0.05, 0.1) is 6.67 Å². The molecule has 0 radical (unpaired) electrons. The summed E-state index contributed by atoms with van der Waals surface area (Å²) >= 11 is 0. The smallest absolute Gasteiger partial charge is 0.113 e. The Morgan fingerprint density at radius 2 is 2.09 bits per heavy atom. The summed E-state index contributed by atoms with van der Waals surface area (Å²) in [4.78, 5) is 0. The third-order valence-electron chi connectivity index (χ3n) is 1.84. The van der Waals surface area contributed by atoms with Crippen molar-refractivity contribution in [3.05, 3.63) is 35.9 Å². The van der Waals surface area contributed by atoms with Crippen LogP contribution in [0, 0.1) is 0 Å². The minimum Gasteiger partial charge on any atom is -0.317 e. The molecule has 1 aliphatic rings. The minimum absolute atomic E-state index is 0.348. The summed E-state index contributed by atoms with van der Waals surface area (Å²) in [6.45, 7) is 0.569. The van der Waals surface area contributed by atoms with Crippen molar-refractivity contribution < 1.29 is 0 Å². The highest BCUT2D eigenvalue weighted by molar-refractivity contribution is 5.20. The highest BCUT2D eigenvalue weighted by Gasteiger charge is 2.32. The lowest BCUT2D eigenvalue weighted by atomic mass is 10.2. The summed E-state index contributed by atoms with van der Waals surface area (Å²) in [5, 5.41) is 1.98. The van der Waals surface area contributed by atoms with Crippen molar-refractivity contribution in [2.75, 3.05) is 6.67 Å². The molecule has 1 aromatic carbocycles. The van der Waals surface area contributed by atoms with E-state index >= 15 is 0 Å². The van der Waals surface area contributed by atoms with E-state index in [9.17, 15) is 0 Å². The lowest BCUT2D eigenvalue weighted by Crippen LogP contribution is -2.12. The van der Waals surface area contributed by atoms with Crippen LogP contribution in [0.5, 0.6) is 0 Å². The Balaban J connectivity index is 2.09. The van der Waals surface area contributed by atoms with E-state index in [1.807, 2.05) is 23.2 Å². The van der Waals surface area contributed by atoms with Crippen LogP contribution in [0.4, 0.5) is 0 Å². The molecular weight excluding hydrogens is 138 g/mol. The van der Waals surface area contributed by atoms with Gasteiger partial charge in [0, 0.05) is 0 Å². The molecule has 0 bridgehead atoms. The highest BCUT2D eigenvalue weighted by Crippen LogP contribution is 2.25. The van der Waals surface area contributed by atoms with Crippen LogP contribution in [0.1, 0.15) is 11.7 Å². The monoisotopic (exact) mass is 149 g/mol. The zero-order valence-electron chi connectivity index (χ0n) is 6.20. The van der Waals surface area contributed by atoms with E-state index in [1.165, 1.54) is 5.56 Å². The second kappa shape index (κ2) is 2.62. The number of nitrogens with two attached hydrogens (primary N) is 1. The molecule has 1 saturated heterocycles. The summed E-state index contributed by atoms with van der Waals surface area (Å²) < 4.78 is 0. The predicted molar refractivity (Wildman–Crippen MR) is 43.2 cm³/mol. The van der Waals surface area contributed by atoms with Crippen molar-refractivity contribution in [3.8, 4) is 0 Å². The second-order valence-electron chi connectivity index (χ2n) is 2.59. The maximum Gasteiger partial charge on any atom is 0.113 e. The van der Waals surface area contributed by atoms with Gasteiger partial charge < -0.3 is 5.73 Å². The predicted octanol–water partition coefficient (Wildman–Crippen LogP) is 0.422. The molecule has 3 N–H and O–H groups in total. The van der Waals surface area contributed by atoms with Gasteiger partial charge in [-0.05, 0) is 5.56 Å². The standard InChI is InChI=1S/C8H11N3/c9-6-11-8(10-11)7-4-2-1-3-5-7/h1-5,8,10H,6,9H2. The van der Waals surface area contributed by atoms with Crippen LogP contribution >= 0.6 is 0 Å². The average molecular weight is 149 g/mol. The first kappa shape index (κ1) is 6.79. The van der Waals surface area contributed by atoms with Gasteiger partial charge in [-0.15, -0.1) is 0 Å². The lowest BCUT2D eigenvalue weighted by Gasteiger charge is -1.95. The molecule has 2 unspecified atom stereocenters. The number of nitrogens with zero attached hydrogens (tertiary/aromatic N) is 1. The fourth-order valence-corrected chi connectivity index (χ4v) is 1.17. The minimum atomic E-state index is 0.348. The van der Waals surface area contributed by atoms with Crippen molar-refractivity contribution in [3.63, 3.8) is 0 Å². The van der Waals surface area contributed by atoms with E-state index in [0.717, 1.165) is 0 Å². The third-order valence-corrected chi connectivity index (χ3v) is 1.84. The van der Waals surface area contributed by atoms with Crippen LogP contribution in [-0.4, -0.2) is 11.7 Å². The van der Waals surface area contributed by atoms with Crippen LogP contribution < -0.4 is 11.2 Å². The van der Waals surface area contributed by atoms with Crippen molar-refractivity contribution in [1.82, 2.24) is 10.4 Å². The van der Waals surface area contributed by atoms with Gasteiger partial charge >= 0.3 is 0 Å². The molecule has 1 fully saturated rings. The average Bonchev–Trinajstić information content (AvgIpc) is 2.85. The third kappa shape index (κ3) is 1.26. The summed E-state index contributed by atoms with van der Waals surface area (Å²) in [6, 6.07) is 10.3. The molecule has 1 heterocycles. The number of benzene rings is 1. The number of hydrazine groups is 1. The quantitative estimate of drug-likeness (QED) is 0.599. The molecular formula is C8H11N3. The maximum absolute atomic E-state index is 5.42. The van der Waals surface area contributed by atoms with Crippen molar-refractivity contribution in [1.29, 1.82) is 0 Å². The van der Waals surface area contributed by atoms with Crippen molar-refractivity contribution in [2.45, 2.75) is 6.17 Å². The molecule has 3 nitrogen and oxygen atoms in total. The van der Waals surface area contributed by atoms with Gasteiger partial charge in [-0.3, -0.25) is 0 Å². The van der Waals surface area contributed by atoms with Crippen LogP contribution in [0.3, 0.4) is 0 Å². The topological polar surface area (TPSA) is 51.0 Å². The molecule has 2 rings (SSSR count). The molecule has 0 saturated carbocycles. The zero-order chi connectivity index (χ0) is 7.68. The Labute approximate surface area is 65.8 Å². The Kier molecular flexibility index (Phi) is 1.62. The summed E-state index contributed by atoms with van der Waals surface area (Å²) in [7, 11) is 0. The molecule has 0 aliphatic carbocycles. The molecule has 11 heavy (non-hydrogen) atoms. The Hall–Kier alpha value is -0.900. The largest absolute Gasteiger partial charge is 0.317 e. The first-order valence-corrected chi connectivity index (χ1v) is 3.69. The van der Waals surface area contributed by atoms with Gasteiger partial charge in [0.25, 0.3) is 0 Å². The molecule has 0 spiro atoms. The molecule has 3 heteroatoms. The Morgan fingerprint density at radius 1 is 1.36 bits per heavy atom. The van der Waals surface area contributed by atoms with Crippen LogP contribution in [0.15, 0.2) is 30.3 Å². The van der Waals surface area contributed by atoms with E-state index < -0.39 is 0 Å².